The summed E-state index contributed by atoms with van der Waals surface area (Å²) in [7, 11) is 1.51. The van der Waals surface area contributed by atoms with E-state index in [1.807, 2.05) is 6.92 Å². The normalized spacial score (nSPS) is 12.5. The molecule has 7 nitrogen and oxygen atoms in total. The smallest absolute Gasteiger partial charge is 0.416 e. The van der Waals surface area contributed by atoms with Gasteiger partial charge in [-0.1, -0.05) is 26.3 Å². The molecule has 1 amide bonds. The van der Waals surface area contributed by atoms with Crippen LogP contribution in [0.15, 0.2) is 41.2 Å². The summed E-state index contributed by atoms with van der Waals surface area (Å²) < 4.78 is 62.3. The van der Waals surface area contributed by atoms with Crippen molar-refractivity contribution >= 4 is 11.6 Å². The van der Waals surface area contributed by atoms with Crippen molar-refractivity contribution in [3.8, 4) is 11.4 Å². The molecule has 0 aliphatic heterocycles. The van der Waals surface area contributed by atoms with Crippen LogP contribution in [0.1, 0.15) is 55.4 Å². The Hall–Kier alpha value is -3.63. The van der Waals surface area contributed by atoms with Crippen LogP contribution < -0.4 is 15.7 Å². The number of carbonyl (C=O) groups excluding carboxylic acids is 1. The van der Waals surface area contributed by atoms with Gasteiger partial charge in [-0.3, -0.25) is 9.36 Å². The molecule has 1 aromatic heterocycles. The first kappa shape index (κ1) is 26.0. The van der Waals surface area contributed by atoms with E-state index in [1.54, 1.807) is 13.8 Å². The van der Waals surface area contributed by atoms with Crippen molar-refractivity contribution in [1.29, 1.82) is 0 Å². The van der Waals surface area contributed by atoms with Gasteiger partial charge in [0.05, 0.1) is 17.2 Å². The molecule has 0 aliphatic rings. The summed E-state index contributed by atoms with van der Waals surface area (Å²) in [6, 6.07) is 6.19. The molecular formula is C24H26F4N4O3. The number of alkyl halides is 3. The summed E-state index contributed by atoms with van der Waals surface area (Å²) in [5.41, 5.74) is -2.07. The molecular weight excluding hydrogens is 468 g/mol. The second kappa shape index (κ2) is 10.3. The number of ether oxygens (including phenoxy) is 1. The number of anilines is 1. The van der Waals surface area contributed by atoms with E-state index in [0.29, 0.717) is 18.7 Å². The zero-order valence-electron chi connectivity index (χ0n) is 19.7. The SMILES string of the molecule is CCC[C@H](C)Oc1cc(-n2nc(CC)n(C)c2=O)c(F)cc1C(=O)Nc1cccc(C(F)(F)F)c1. The maximum atomic E-state index is 15.2. The second-order valence-corrected chi connectivity index (χ2v) is 8.07. The Labute approximate surface area is 199 Å². The lowest BCUT2D eigenvalue weighted by atomic mass is 10.1. The van der Waals surface area contributed by atoms with Crippen molar-refractivity contribution in [3.05, 3.63) is 69.7 Å². The molecule has 3 aromatic rings. The number of nitrogens with one attached hydrogen (secondary N) is 1. The quantitative estimate of drug-likeness (QED) is 0.442. The molecule has 1 N–H and O–H groups in total. The maximum Gasteiger partial charge on any atom is 0.416 e. The van der Waals surface area contributed by atoms with Crippen molar-refractivity contribution in [2.75, 3.05) is 5.32 Å². The van der Waals surface area contributed by atoms with E-state index in [2.05, 4.69) is 10.4 Å². The fourth-order valence-electron chi connectivity index (χ4n) is 3.58. The molecule has 35 heavy (non-hydrogen) atoms. The zero-order valence-corrected chi connectivity index (χ0v) is 19.7. The topological polar surface area (TPSA) is 78.2 Å². The summed E-state index contributed by atoms with van der Waals surface area (Å²) >= 11 is 0. The molecule has 1 heterocycles. The highest BCUT2D eigenvalue weighted by atomic mass is 19.4. The molecule has 0 fully saturated rings. The molecule has 0 radical (unpaired) electrons. The predicted octanol–water partition coefficient (Wildman–Crippen LogP) is 5.11. The molecule has 0 saturated heterocycles. The van der Waals surface area contributed by atoms with Crippen LogP contribution in [0.4, 0.5) is 23.2 Å². The molecule has 11 heteroatoms. The number of amides is 1. The lowest BCUT2D eigenvalue weighted by Crippen LogP contribution is -2.24. The summed E-state index contributed by atoms with van der Waals surface area (Å²) in [5.74, 6) is -1.38. The van der Waals surface area contributed by atoms with Crippen molar-refractivity contribution in [3.63, 3.8) is 0 Å². The third-order valence-electron chi connectivity index (χ3n) is 5.38. The predicted molar refractivity (Wildman–Crippen MR) is 123 cm³/mol. The van der Waals surface area contributed by atoms with Gasteiger partial charge in [0, 0.05) is 25.2 Å². The summed E-state index contributed by atoms with van der Waals surface area (Å²) in [4.78, 5) is 25.6. The third kappa shape index (κ3) is 5.72. The van der Waals surface area contributed by atoms with E-state index < -0.39 is 29.2 Å². The van der Waals surface area contributed by atoms with Gasteiger partial charge < -0.3 is 10.1 Å². The molecule has 0 unspecified atom stereocenters. The van der Waals surface area contributed by atoms with Gasteiger partial charge in [0.2, 0.25) is 0 Å². The van der Waals surface area contributed by atoms with Gasteiger partial charge in [-0.2, -0.15) is 17.9 Å². The van der Waals surface area contributed by atoms with Crippen LogP contribution in [0.2, 0.25) is 0 Å². The average Bonchev–Trinajstić information content (AvgIpc) is 3.08. The van der Waals surface area contributed by atoms with Gasteiger partial charge in [-0.15, -0.1) is 5.10 Å². The van der Waals surface area contributed by atoms with Crippen LogP contribution in [-0.2, 0) is 19.6 Å². The van der Waals surface area contributed by atoms with Crippen molar-refractivity contribution in [1.82, 2.24) is 14.3 Å². The highest BCUT2D eigenvalue weighted by molar-refractivity contribution is 6.06. The van der Waals surface area contributed by atoms with E-state index in [9.17, 15) is 22.8 Å². The van der Waals surface area contributed by atoms with Gasteiger partial charge in [0.15, 0.2) is 0 Å². The minimum Gasteiger partial charge on any atom is -0.490 e. The van der Waals surface area contributed by atoms with E-state index in [4.69, 9.17) is 4.74 Å². The minimum atomic E-state index is -4.59. The molecule has 1 atom stereocenters. The molecule has 3 rings (SSSR count). The van der Waals surface area contributed by atoms with Gasteiger partial charge >= 0.3 is 11.9 Å². The lowest BCUT2D eigenvalue weighted by Gasteiger charge is -2.18. The fourth-order valence-corrected chi connectivity index (χ4v) is 3.58. The molecule has 188 valence electrons. The Kier molecular flexibility index (Phi) is 7.67. The number of aryl methyl sites for hydroxylation is 1. The van der Waals surface area contributed by atoms with E-state index >= 15 is 4.39 Å². The van der Waals surface area contributed by atoms with E-state index in [0.717, 1.165) is 35.4 Å². The Balaban J connectivity index is 2.06. The summed E-state index contributed by atoms with van der Waals surface area (Å²) in [6.45, 7) is 5.50. The maximum absolute atomic E-state index is 15.2. The van der Waals surface area contributed by atoms with Crippen molar-refractivity contribution in [2.24, 2.45) is 7.05 Å². The van der Waals surface area contributed by atoms with Gasteiger partial charge in [0.1, 0.15) is 23.1 Å². The van der Waals surface area contributed by atoms with Gasteiger partial charge in [-0.05, 0) is 37.6 Å². The number of benzene rings is 2. The Morgan fingerprint density at radius 1 is 1.20 bits per heavy atom. The van der Waals surface area contributed by atoms with Crippen LogP contribution in [0.3, 0.4) is 0 Å². The van der Waals surface area contributed by atoms with Crippen molar-refractivity contribution in [2.45, 2.75) is 52.3 Å². The van der Waals surface area contributed by atoms with Crippen molar-refractivity contribution < 1.29 is 27.1 Å². The highest BCUT2D eigenvalue weighted by Crippen LogP contribution is 2.32. The minimum absolute atomic E-state index is 0.0255. The first-order valence-corrected chi connectivity index (χ1v) is 11.1. The van der Waals surface area contributed by atoms with E-state index in [-0.39, 0.29) is 28.8 Å². The number of aromatic nitrogens is 3. The largest absolute Gasteiger partial charge is 0.490 e. The Morgan fingerprint density at radius 2 is 1.91 bits per heavy atom. The number of nitrogens with zero attached hydrogens (tertiary/aromatic N) is 3. The standard InChI is InChI=1S/C24H26F4N4O3/c1-5-8-14(3)35-20-13-19(32-23(34)31(4)21(6-2)30-32)18(25)12-17(20)22(33)29-16-10-7-9-15(11-16)24(26,27)28/h7,9-14H,5-6,8H2,1-4H3,(H,29,33)/t14-/m0/s1. The summed E-state index contributed by atoms with van der Waals surface area (Å²) in [5, 5.41) is 6.52. The fraction of sp³-hybridized carbons (Fsp3) is 0.375. The average molecular weight is 494 g/mol. The van der Waals surface area contributed by atoms with Crippen LogP contribution in [0.25, 0.3) is 5.69 Å². The van der Waals surface area contributed by atoms with Gasteiger partial charge in [-0.25, -0.2) is 9.18 Å². The van der Waals surface area contributed by atoms with E-state index in [1.165, 1.54) is 23.7 Å². The van der Waals surface area contributed by atoms with Crippen LogP contribution in [0, 0.1) is 5.82 Å². The van der Waals surface area contributed by atoms with Crippen LogP contribution in [0.5, 0.6) is 5.75 Å². The molecule has 0 bridgehead atoms. The first-order chi connectivity index (χ1) is 16.5. The van der Waals surface area contributed by atoms with Gasteiger partial charge in [0.25, 0.3) is 5.91 Å². The molecule has 0 spiro atoms. The molecule has 2 aromatic carbocycles. The number of halogens is 4. The lowest BCUT2D eigenvalue weighted by molar-refractivity contribution is -0.137. The first-order valence-electron chi connectivity index (χ1n) is 11.1. The summed E-state index contributed by atoms with van der Waals surface area (Å²) in [6.07, 6.45) is -3.10. The third-order valence-corrected chi connectivity index (χ3v) is 5.38. The Bertz CT molecular complexity index is 1280. The molecule has 0 saturated carbocycles. The second-order valence-electron chi connectivity index (χ2n) is 8.07. The Morgan fingerprint density at radius 3 is 2.51 bits per heavy atom. The number of hydrogen-bond acceptors (Lipinski definition) is 4. The number of hydrogen-bond donors (Lipinski definition) is 1. The van der Waals surface area contributed by atoms with Crippen LogP contribution >= 0.6 is 0 Å². The zero-order chi connectivity index (χ0) is 25.9. The number of rotatable bonds is 8. The molecule has 0 aliphatic carbocycles. The number of carbonyl (C=O) groups is 1. The monoisotopic (exact) mass is 494 g/mol. The van der Waals surface area contributed by atoms with Crippen LogP contribution in [-0.4, -0.2) is 26.4 Å². The highest BCUT2D eigenvalue weighted by Gasteiger charge is 2.30.